The molecule has 3 aromatic carbocycles. The quantitative estimate of drug-likeness (QED) is 0.182. The third-order valence-electron chi connectivity index (χ3n) is 7.98. The second kappa shape index (κ2) is 13.6. The van der Waals surface area contributed by atoms with Gasteiger partial charge >= 0.3 is 6.01 Å². The van der Waals surface area contributed by atoms with Gasteiger partial charge < -0.3 is 20.3 Å². The molecule has 250 valence electrons. The zero-order valence-electron chi connectivity index (χ0n) is 27.1. The summed E-state index contributed by atoms with van der Waals surface area (Å²) < 4.78 is 24.0. The molecule has 0 saturated carbocycles. The molecule has 0 bridgehead atoms. The zero-order valence-corrected chi connectivity index (χ0v) is 28.6. The normalized spacial score (nSPS) is 13.6. The fourth-order valence-corrected chi connectivity index (χ4v) is 6.53. The fourth-order valence-electron chi connectivity index (χ4n) is 5.56. The molecular formula is C35H33ClFN9O2S. The number of ether oxygens (including phenoxy) is 1. The third kappa shape index (κ3) is 7.00. The number of fused-ring (bicyclic) bond motifs is 2. The van der Waals surface area contributed by atoms with Crippen LogP contribution in [0.25, 0.3) is 32.9 Å². The first kappa shape index (κ1) is 32.7. The molecular weight excluding hydrogens is 665 g/mol. The number of rotatable bonds is 8. The van der Waals surface area contributed by atoms with Crippen molar-refractivity contribution in [2.45, 2.75) is 31.1 Å². The van der Waals surface area contributed by atoms with Crippen LogP contribution in [0.2, 0.25) is 5.02 Å². The number of benzene rings is 3. The maximum atomic E-state index is 16.5. The molecule has 1 fully saturated rings. The molecule has 0 aliphatic carbocycles. The fraction of sp³-hybridized carbons (Fsp3) is 0.257. The van der Waals surface area contributed by atoms with Gasteiger partial charge in [0.05, 0.1) is 5.39 Å². The minimum absolute atomic E-state index is 0.0445. The molecule has 7 rings (SSSR count). The van der Waals surface area contributed by atoms with Gasteiger partial charge in [0.1, 0.15) is 23.4 Å². The monoisotopic (exact) mass is 697 g/mol. The first-order valence-electron chi connectivity index (χ1n) is 15.8. The van der Waals surface area contributed by atoms with E-state index in [2.05, 4.69) is 56.4 Å². The molecule has 0 radical (unpaired) electrons. The van der Waals surface area contributed by atoms with Crippen molar-refractivity contribution >= 4 is 62.6 Å². The van der Waals surface area contributed by atoms with Crippen LogP contribution in [0.4, 0.5) is 15.9 Å². The van der Waals surface area contributed by atoms with E-state index in [1.54, 1.807) is 40.9 Å². The third-order valence-corrected chi connectivity index (χ3v) is 9.14. The lowest BCUT2D eigenvalue weighted by molar-refractivity contribution is -0.118. The molecule has 6 aromatic rings. The van der Waals surface area contributed by atoms with E-state index in [0.717, 1.165) is 29.2 Å². The number of hydrogen-bond acceptors (Lipinski definition) is 10. The highest BCUT2D eigenvalue weighted by Crippen LogP contribution is 2.37. The van der Waals surface area contributed by atoms with Crippen LogP contribution in [0.15, 0.2) is 78.1 Å². The summed E-state index contributed by atoms with van der Waals surface area (Å²) in [5, 5.41) is 13.2. The van der Waals surface area contributed by atoms with Crippen molar-refractivity contribution in [3.8, 4) is 17.3 Å². The van der Waals surface area contributed by atoms with Crippen LogP contribution in [0.5, 0.6) is 6.01 Å². The number of nitrogens with one attached hydrogen (secondary N) is 2. The van der Waals surface area contributed by atoms with Crippen molar-refractivity contribution in [3.63, 3.8) is 0 Å². The van der Waals surface area contributed by atoms with Gasteiger partial charge in [0, 0.05) is 76.3 Å². The highest BCUT2D eigenvalue weighted by molar-refractivity contribution is 7.97. The predicted molar refractivity (Wildman–Crippen MR) is 191 cm³/mol. The molecule has 1 aliphatic heterocycles. The van der Waals surface area contributed by atoms with E-state index in [0.29, 0.717) is 46.0 Å². The minimum Gasteiger partial charge on any atom is -0.453 e. The highest BCUT2D eigenvalue weighted by Gasteiger charge is 2.24. The molecule has 14 heteroatoms. The van der Waals surface area contributed by atoms with Gasteiger partial charge in [0.25, 0.3) is 5.91 Å². The molecule has 0 unspecified atom stereocenters. The van der Waals surface area contributed by atoms with Crippen LogP contribution >= 0.6 is 23.5 Å². The zero-order chi connectivity index (χ0) is 34.1. The Morgan fingerprint density at radius 2 is 1.80 bits per heavy atom. The Morgan fingerprint density at radius 3 is 2.53 bits per heavy atom. The largest absolute Gasteiger partial charge is 0.453 e. The standard InChI is InChI=1S/C35H33ClFN9O2S/c1-35(2,3)33-40-20-46(44-33)49-23-12-10-22(11-13-23)41-27(47)19-48-34-42-31-25(32(43-34)45-16-14-38-15-17-45)18-39-30(29(31)37)24-8-4-6-21-7-5-9-26(36)28(21)24/h4-13,18,20,38H,14-17,19H2,1-3H3,(H,41,47). The molecule has 1 amide bonds. The molecule has 3 aromatic heterocycles. The lowest BCUT2D eigenvalue weighted by atomic mass is 9.96. The second-order valence-electron chi connectivity index (χ2n) is 12.6. The first-order valence-corrected chi connectivity index (χ1v) is 16.9. The lowest BCUT2D eigenvalue weighted by Crippen LogP contribution is -2.44. The number of carbonyl (C=O) groups excluding carboxylic acids is 1. The van der Waals surface area contributed by atoms with Crippen LogP contribution in [-0.2, 0) is 10.2 Å². The van der Waals surface area contributed by atoms with Gasteiger partial charge in [0.15, 0.2) is 18.2 Å². The maximum absolute atomic E-state index is 16.5. The van der Waals surface area contributed by atoms with Crippen LogP contribution in [0.3, 0.4) is 0 Å². The van der Waals surface area contributed by atoms with Gasteiger partial charge in [-0.25, -0.2) is 9.37 Å². The summed E-state index contributed by atoms with van der Waals surface area (Å²) in [6.45, 7) is 8.58. The van der Waals surface area contributed by atoms with Crippen molar-refractivity contribution in [3.05, 3.63) is 89.9 Å². The lowest BCUT2D eigenvalue weighted by Gasteiger charge is -2.29. The average Bonchev–Trinajstić information content (AvgIpc) is 3.58. The molecule has 4 heterocycles. The van der Waals surface area contributed by atoms with Gasteiger partial charge in [-0.2, -0.15) is 14.1 Å². The van der Waals surface area contributed by atoms with Gasteiger partial charge in [-0.15, -0.1) is 5.10 Å². The summed E-state index contributed by atoms with van der Waals surface area (Å²) in [6.07, 6.45) is 3.27. The van der Waals surface area contributed by atoms with Crippen LogP contribution in [0, 0.1) is 5.82 Å². The minimum atomic E-state index is -0.628. The van der Waals surface area contributed by atoms with Crippen molar-refractivity contribution in [2.24, 2.45) is 0 Å². The SMILES string of the molecule is CC(C)(C)c1ncn(Sc2ccc(NC(=O)COc3nc(N4CCNCC4)c4cnc(-c5cccc6cccc(Cl)c56)c(F)c4n3)cc2)n1. The van der Waals surface area contributed by atoms with Crippen molar-refractivity contribution < 1.29 is 13.9 Å². The Morgan fingerprint density at radius 1 is 1.04 bits per heavy atom. The van der Waals surface area contributed by atoms with Crippen molar-refractivity contribution in [1.82, 2.24) is 34.4 Å². The molecule has 1 saturated heterocycles. The van der Waals surface area contributed by atoms with Gasteiger partial charge in [-0.05, 0) is 35.7 Å². The van der Waals surface area contributed by atoms with E-state index >= 15 is 4.39 Å². The van der Waals surface area contributed by atoms with Gasteiger partial charge in [-0.3, -0.25) is 9.78 Å². The number of hydrogen-bond donors (Lipinski definition) is 2. The van der Waals surface area contributed by atoms with E-state index in [1.807, 2.05) is 41.3 Å². The second-order valence-corrected chi connectivity index (χ2v) is 14.0. The van der Waals surface area contributed by atoms with Gasteiger partial charge in [0.2, 0.25) is 0 Å². The molecule has 49 heavy (non-hydrogen) atoms. The summed E-state index contributed by atoms with van der Waals surface area (Å²) >= 11 is 7.98. The smallest absolute Gasteiger partial charge is 0.319 e. The van der Waals surface area contributed by atoms with Crippen molar-refractivity contribution in [2.75, 3.05) is 43.0 Å². The number of amides is 1. The van der Waals surface area contributed by atoms with E-state index < -0.39 is 11.7 Å². The Balaban J connectivity index is 1.12. The number of pyridine rings is 1. The van der Waals surface area contributed by atoms with Crippen molar-refractivity contribution in [1.29, 1.82) is 0 Å². The summed E-state index contributed by atoms with van der Waals surface area (Å²) in [4.78, 5) is 33.9. The topological polar surface area (TPSA) is 123 Å². The molecule has 1 aliphatic rings. The average molecular weight is 698 g/mol. The number of nitrogens with zero attached hydrogens (tertiary/aromatic N) is 7. The number of anilines is 2. The Bertz CT molecular complexity index is 2160. The van der Waals surface area contributed by atoms with E-state index in [1.165, 1.54) is 11.9 Å². The van der Waals surface area contributed by atoms with E-state index in [9.17, 15) is 4.79 Å². The number of aromatic nitrogens is 6. The maximum Gasteiger partial charge on any atom is 0.319 e. The van der Waals surface area contributed by atoms with E-state index in [-0.39, 0.29) is 29.2 Å². The molecule has 0 atom stereocenters. The summed E-state index contributed by atoms with van der Waals surface area (Å²) in [7, 11) is 0. The molecule has 0 spiro atoms. The summed E-state index contributed by atoms with van der Waals surface area (Å²) in [5.74, 6) is 0.205. The number of piperazine rings is 1. The Kier molecular flexibility index (Phi) is 9.05. The number of carbonyl (C=O) groups is 1. The summed E-state index contributed by atoms with van der Waals surface area (Å²) in [6, 6.07) is 18.3. The molecule has 11 nitrogen and oxygen atoms in total. The van der Waals surface area contributed by atoms with Gasteiger partial charge in [-0.1, -0.05) is 62.7 Å². The first-order chi connectivity index (χ1) is 23.6. The van der Waals surface area contributed by atoms with Crippen LogP contribution in [0.1, 0.15) is 26.6 Å². The van der Waals surface area contributed by atoms with Crippen LogP contribution < -0.4 is 20.3 Å². The Hall–Kier alpha value is -4.85. The molecule has 2 N–H and O–H groups in total. The summed E-state index contributed by atoms with van der Waals surface area (Å²) in [5.41, 5.74) is 1.14. The number of halogens is 2. The predicted octanol–water partition coefficient (Wildman–Crippen LogP) is 6.51. The highest BCUT2D eigenvalue weighted by atomic mass is 35.5. The van der Waals surface area contributed by atoms with Crippen LogP contribution in [-0.4, -0.2) is 67.8 Å². The Labute approximate surface area is 291 Å². The van der Waals surface area contributed by atoms with E-state index in [4.69, 9.17) is 16.3 Å².